The molecule has 0 atom stereocenters. The number of hydrogen-bond donors (Lipinski definition) is 3. The van der Waals surface area contributed by atoms with Crippen molar-refractivity contribution < 1.29 is 9.90 Å². The molecule has 0 aromatic rings. The maximum absolute atomic E-state index is 9.74. The summed E-state index contributed by atoms with van der Waals surface area (Å²) < 4.78 is 0. The van der Waals surface area contributed by atoms with Gasteiger partial charge in [-0.25, -0.2) is 0 Å². The smallest absolute Gasteiger partial charge is 0.125 e. The number of rotatable bonds is 3. The van der Waals surface area contributed by atoms with Crippen LogP contribution in [0, 0.1) is 0 Å². The molecule has 0 rings (SSSR count). The van der Waals surface area contributed by atoms with Gasteiger partial charge in [0, 0.05) is 32.5 Å². The molecule has 0 aromatic heterocycles. The molecule has 4 N–H and O–H groups in total. The third-order valence-electron chi connectivity index (χ3n) is 0.649. The first-order valence-corrected chi connectivity index (χ1v) is 2.81. The molecule has 0 aliphatic carbocycles. The minimum absolute atomic E-state index is 0.306. The van der Waals surface area contributed by atoms with Crippen molar-refractivity contribution in [3.05, 3.63) is 11.9 Å². The lowest BCUT2D eigenvalue weighted by Gasteiger charge is -1.91. The van der Waals surface area contributed by atoms with Crippen LogP contribution in [-0.2, 0) is 4.79 Å². The van der Waals surface area contributed by atoms with E-state index in [9.17, 15) is 4.79 Å². The fourth-order valence-electron chi connectivity index (χ4n) is 0.341. The number of nitrogens with two attached hydrogens (primary N) is 1. The molecule has 0 aromatic carbocycles. The molecule has 0 radical (unpaired) electrons. The predicted octanol–water partition coefficient (Wildman–Crippen LogP) is -0.797. The number of carbonyl (C=O) groups excluding carboxylic acids is 1. The number of aldehydes is 1. The summed E-state index contributed by atoms with van der Waals surface area (Å²) in [6.45, 7) is 0. The lowest BCUT2D eigenvalue weighted by Crippen LogP contribution is -2.04. The van der Waals surface area contributed by atoms with Crippen molar-refractivity contribution in [2.24, 2.45) is 5.73 Å². The van der Waals surface area contributed by atoms with E-state index in [0.29, 0.717) is 12.1 Å². The molecule has 4 nitrogen and oxygen atoms in total. The highest BCUT2D eigenvalue weighted by atomic mass is 16.2. The van der Waals surface area contributed by atoms with Crippen molar-refractivity contribution >= 4 is 6.29 Å². The Bertz CT molecular complexity index is 102. The monoisotopic (exact) mass is 146 g/mol. The quantitative estimate of drug-likeness (QED) is 0.456. The Kier molecular flexibility index (Phi) is 12.7. The van der Waals surface area contributed by atoms with Gasteiger partial charge in [0.1, 0.15) is 6.29 Å². The van der Waals surface area contributed by atoms with E-state index in [1.165, 1.54) is 0 Å². The summed E-state index contributed by atoms with van der Waals surface area (Å²) in [6, 6.07) is 0. The van der Waals surface area contributed by atoms with E-state index in [1.807, 2.05) is 0 Å². The van der Waals surface area contributed by atoms with Crippen LogP contribution < -0.4 is 11.1 Å². The van der Waals surface area contributed by atoms with E-state index in [0.717, 1.165) is 13.4 Å². The molecule has 0 heterocycles. The summed E-state index contributed by atoms with van der Waals surface area (Å²) in [5, 5.41) is 9.71. The molecule has 0 saturated heterocycles. The van der Waals surface area contributed by atoms with Crippen molar-refractivity contribution in [2.45, 2.75) is 6.42 Å². The van der Waals surface area contributed by atoms with Crippen LogP contribution in [0.2, 0.25) is 0 Å². The van der Waals surface area contributed by atoms with Gasteiger partial charge in [-0.3, -0.25) is 0 Å². The summed E-state index contributed by atoms with van der Waals surface area (Å²) in [5.74, 6) is 0. The Labute approximate surface area is 60.7 Å². The molecule has 0 aliphatic heterocycles. The lowest BCUT2D eigenvalue weighted by molar-refractivity contribution is -0.107. The lowest BCUT2D eigenvalue weighted by atomic mass is 10.4. The van der Waals surface area contributed by atoms with Crippen molar-refractivity contribution in [3.63, 3.8) is 0 Å². The van der Waals surface area contributed by atoms with Crippen LogP contribution in [-0.4, -0.2) is 25.6 Å². The Hall–Kier alpha value is -1.03. The van der Waals surface area contributed by atoms with E-state index >= 15 is 0 Å². The number of allylic oxidation sites excluding steroid dienone is 1. The summed E-state index contributed by atoms with van der Waals surface area (Å²) in [5.41, 5.74) is 5.82. The van der Waals surface area contributed by atoms with Crippen LogP contribution in [0.25, 0.3) is 0 Å². The zero-order chi connectivity index (χ0) is 8.41. The number of aliphatic hydroxyl groups excluding tert-OH is 1. The highest BCUT2D eigenvalue weighted by Crippen LogP contribution is 1.82. The first-order chi connectivity index (χ1) is 4.81. The Morgan fingerprint density at radius 2 is 2.20 bits per heavy atom. The zero-order valence-electron chi connectivity index (χ0n) is 6.29. The first-order valence-electron chi connectivity index (χ1n) is 2.81. The van der Waals surface area contributed by atoms with Crippen molar-refractivity contribution in [1.82, 2.24) is 5.32 Å². The van der Waals surface area contributed by atoms with Crippen LogP contribution in [0.15, 0.2) is 11.9 Å². The fourth-order valence-corrected chi connectivity index (χ4v) is 0.341. The average Bonchev–Trinajstić information content (AvgIpc) is 1.93. The van der Waals surface area contributed by atoms with Crippen molar-refractivity contribution in [2.75, 3.05) is 14.2 Å². The Morgan fingerprint density at radius 3 is 2.50 bits per heavy atom. The van der Waals surface area contributed by atoms with E-state index in [2.05, 4.69) is 5.32 Å². The number of hydrogen-bond acceptors (Lipinski definition) is 4. The molecule has 4 heteroatoms. The molecule has 10 heavy (non-hydrogen) atoms. The molecule has 0 aliphatic rings. The topological polar surface area (TPSA) is 75.3 Å². The van der Waals surface area contributed by atoms with E-state index in [4.69, 9.17) is 10.8 Å². The standard InChI is InChI=1S/C5H10N2O.CH4O/c1-7-4-5(6)2-3-8;1-2/h3-4,7H,2,6H2,1H3;2H,1H3/b5-4-;. The van der Waals surface area contributed by atoms with Gasteiger partial charge in [0.05, 0.1) is 0 Å². The summed E-state index contributed by atoms with van der Waals surface area (Å²) in [6.07, 6.45) is 2.67. The van der Waals surface area contributed by atoms with Crippen molar-refractivity contribution in [3.8, 4) is 0 Å². The molecule has 0 fully saturated rings. The van der Waals surface area contributed by atoms with Gasteiger partial charge in [0.15, 0.2) is 0 Å². The Balaban J connectivity index is 0. The van der Waals surface area contributed by atoms with Crippen molar-refractivity contribution in [1.29, 1.82) is 0 Å². The highest BCUT2D eigenvalue weighted by Gasteiger charge is 1.82. The maximum atomic E-state index is 9.74. The highest BCUT2D eigenvalue weighted by molar-refractivity contribution is 5.53. The predicted molar refractivity (Wildman–Crippen MR) is 40.2 cm³/mol. The van der Waals surface area contributed by atoms with Gasteiger partial charge >= 0.3 is 0 Å². The van der Waals surface area contributed by atoms with Gasteiger partial charge in [-0.2, -0.15) is 0 Å². The molecular weight excluding hydrogens is 132 g/mol. The Morgan fingerprint density at radius 1 is 1.70 bits per heavy atom. The summed E-state index contributed by atoms with van der Waals surface area (Å²) in [7, 11) is 2.73. The molecule has 0 saturated carbocycles. The van der Waals surface area contributed by atoms with Crippen LogP contribution >= 0.6 is 0 Å². The second-order valence-electron chi connectivity index (χ2n) is 1.38. The van der Waals surface area contributed by atoms with Gasteiger partial charge in [0.25, 0.3) is 0 Å². The first kappa shape index (κ1) is 11.7. The summed E-state index contributed by atoms with van der Waals surface area (Å²) in [4.78, 5) is 9.74. The van der Waals surface area contributed by atoms with Crippen LogP contribution in [0.1, 0.15) is 6.42 Å². The second kappa shape index (κ2) is 10.9. The maximum Gasteiger partial charge on any atom is 0.125 e. The average molecular weight is 146 g/mol. The molecule has 0 amide bonds. The number of carbonyl (C=O) groups is 1. The molecule has 60 valence electrons. The fraction of sp³-hybridized carbons (Fsp3) is 0.500. The second-order valence-corrected chi connectivity index (χ2v) is 1.38. The largest absolute Gasteiger partial charge is 0.401 e. The molecule has 0 bridgehead atoms. The van der Waals surface area contributed by atoms with Gasteiger partial charge in [0.2, 0.25) is 0 Å². The third kappa shape index (κ3) is 10.1. The molecule has 0 unspecified atom stereocenters. The SMILES string of the molecule is CN/C=C(\N)CC=O.CO. The van der Waals surface area contributed by atoms with Gasteiger partial charge in [-0.1, -0.05) is 0 Å². The van der Waals surface area contributed by atoms with Crippen LogP contribution in [0.4, 0.5) is 0 Å². The minimum Gasteiger partial charge on any atom is -0.401 e. The zero-order valence-corrected chi connectivity index (χ0v) is 6.29. The van der Waals surface area contributed by atoms with Gasteiger partial charge in [-0.15, -0.1) is 0 Å². The van der Waals surface area contributed by atoms with E-state index < -0.39 is 0 Å². The molecule has 0 spiro atoms. The van der Waals surface area contributed by atoms with Gasteiger partial charge < -0.3 is 21.0 Å². The minimum atomic E-state index is 0.306. The number of nitrogens with one attached hydrogen (secondary N) is 1. The van der Waals surface area contributed by atoms with E-state index in [1.54, 1.807) is 13.2 Å². The number of aliphatic hydroxyl groups is 1. The third-order valence-corrected chi connectivity index (χ3v) is 0.649. The van der Waals surface area contributed by atoms with E-state index in [-0.39, 0.29) is 0 Å². The molecular formula is C6H14N2O2. The van der Waals surface area contributed by atoms with Crippen LogP contribution in [0.3, 0.4) is 0 Å². The summed E-state index contributed by atoms with van der Waals surface area (Å²) >= 11 is 0. The van der Waals surface area contributed by atoms with Gasteiger partial charge in [-0.05, 0) is 0 Å². The normalized spacial score (nSPS) is 9.30. The van der Waals surface area contributed by atoms with Crippen LogP contribution in [0.5, 0.6) is 0 Å².